The van der Waals surface area contributed by atoms with E-state index < -0.39 is 0 Å². The summed E-state index contributed by atoms with van der Waals surface area (Å²) in [5.74, 6) is -0.0819. The maximum atomic E-state index is 12.4. The van der Waals surface area contributed by atoms with Crippen molar-refractivity contribution in [3.05, 3.63) is 56.7 Å². The molecule has 0 bridgehead atoms. The minimum absolute atomic E-state index is 0.0128. The van der Waals surface area contributed by atoms with Crippen LogP contribution in [0.15, 0.2) is 35.4 Å². The van der Waals surface area contributed by atoms with Crippen LogP contribution in [0, 0.1) is 6.92 Å². The van der Waals surface area contributed by atoms with Crippen molar-refractivity contribution in [2.75, 3.05) is 31.1 Å². The smallest absolute Gasteiger partial charge is 0.253 e. The third kappa shape index (κ3) is 4.14. The SMILES string of the molecule is Cc1cc(=O)n(CC(=O)N2CCN(c3ccc(Cl)c(Cl)c3)CC2)cn1. The minimum Gasteiger partial charge on any atom is -0.368 e. The van der Waals surface area contributed by atoms with E-state index in [1.165, 1.54) is 17.0 Å². The minimum atomic E-state index is -0.213. The number of hydrogen-bond acceptors (Lipinski definition) is 4. The lowest BCUT2D eigenvalue weighted by atomic mass is 10.2. The van der Waals surface area contributed by atoms with Gasteiger partial charge in [0.25, 0.3) is 5.56 Å². The number of amides is 1. The van der Waals surface area contributed by atoms with Crippen molar-refractivity contribution in [1.82, 2.24) is 14.5 Å². The molecule has 3 rings (SSSR count). The first-order valence-electron chi connectivity index (χ1n) is 7.95. The van der Waals surface area contributed by atoms with Gasteiger partial charge in [0.15, 0.2) is 0 Å². The molecule has 0 saturated carbocycles. The van der Waals surface area contributed by atoms with Gasteiger partial charge in [-0.15, -0.1) is 0 Å². The number of carbonyl (C=O) groups is 1. The van der Waals surface area contributed by atoms with Gasteiger partial charge in [-0.05, 0) is 25.1 Å². The normalized spacial score (nSPS) is 14.7. The van der Waals surface area contributed by atoms with Crippen molar-refractivity contribution in [1.29, 1.82) is 0 Å². The molecular formula is C17H18Cl2N4O2. The third-order valence-electron chi connectivity index (χ3n) is 4.22. The van der Waals surface area contributed by atoms with Crippen LogP contribution in [-0.2, 0) is 11.3 Å². The molecule has 1 aromatic heterocycles. The van der Waals surface area contributed by atoms with Crippen molar-refractivity contribution in [2.24, 2.45) is 0 Å². The molecule has 6 nitrogen and oxygen atoms in total. The molecule has 1 saturated heterocycles. The van der Waals surface area contributed by atoms with E-state index in [-0.39, 0.29) is 18.0 Å². The van der Waals surface area contributed by atoms with E-state index in [0.717, 1.165) is 5.69 Å². The van der Waals surface area contributed by atoms with Crippen LogP contribution in [-0.4, -0.2) is 46.5 Å². The summed E-state index contributed by atoms with van der Waals surface area (Å²) in [5.41, 5.74) is 1.42. The number of hydrogen-bond donors (Lipinski definition) is 0. The lowest BCUT2D eigenvalue weighted by Gasteiger charge is -2.36. The van der Waals surface area contributed by atoms with Crippen molar-refractivity contribution in [2.45, 2.75) is 13.5 Å². The predicted octanol–water partition coefficient (Wildman–Crippen LogP) is 2.21. The first kappa shape index (κ1) is 17.8. The molecule has 2 heterocycles. The van der Waals surface area contributed by atoms with Crippen LogP contribution >= 0.6 is 23.2 Å². The van der Waals surface area contributed by atoms with Gasteiger partial charge in [0.1, 0.15) is 6.54 Å². The van der Waals surface area contributed by atoms with Crippen LogP contribution in [0.3, 0.4) is 0 Å². The third-order valence-corrected chi connectivity index (χ3v) is 4.96. The second-order valence-electron chi connectivity index (χ2n) is 5.96. The van der Waals surface area contributed by atoms with Gasteiger partial charge in [-0.1, -0.05) is 23.2 Å². The lowest BCUT2D eigenvalue weighted by molar-refractivity contribution is -0.132. The summed E-state index contributed by atoms with van der Waals surface area (Å²) in [6, 6.07) is 6.95. The van der Waals surface area contributed by atoms with Crippen LogP contribution in [0.2, 0.25) is 10.0 Å². The van der Waals surface area contributed by atoms with E-state index in [0.29, 0.717) is 41.9 Å². The van der Waals surface area contributed by atoms with Gasteiger partial charge in [0.05, 0.1) is 16.4 Å². The van der Waals surface area contributed by atoms with Gasteiger partial charge >= 0.3 is 0 Å². The molecule has 0 N–H and O–H groups in total. The van der Waals surface area contributed by atoms with Crippen LogP contribution in [0.25, 0.3) is 0 Å². The molecule has 1 aromatic carbocycles. The van der Waals surface area contributed by atoms with E-state index in [1.807, 2.05) is 12.1 Å². The van der Waals surface area contributed by atoms with Gasteiger partial charge in [0, 0.05) is 43.6 Å². The average Bonchev–Trinajstić information content (AvgIpc) is 2.60. The van der Waals surface area contributed by atoms with Gasteiger partial charge in [-0.2, -0.15) is 0 Å². The Hall–Kier alpha value is -2.05. The highest BCUT2D eigenvalue weighted by Gasteiger charge is 2.22. The second kappa shape index (κ2) is 7.45. The molecule has 1 aliphatic heterocycles. The van der Waals surface area contributed by atoms with Gasteiger partial charge in [-0.3, -0.25) is 14.2 Å². The number of halogens is 2. The van der Waals surface area contributed by atoms with E-state index in [4.69, 9.17) is 23.2 Å². The predicted molar refractivity (Wildman–Crippen MR) is 98.5 cm³/mol. The number of anilines is 1. The number of nitrogens with zero attached hydrogens (tertiary/aromatic N) is 4. The van der Waals surface area contributed by atoms with Gasteiger partial charge < -0.3 is 9.80 Å². The number of aromatic nitrogens is 2. The van der Waals surface area contributed by atoms with Crippen molar-refractivity contribution < 1.29 is 4.79 Å². The van der Waals surface area contributed by atoms with E-state index in [2.05, 4.69) is 9.88 Å². The molecule has 2 aromatic rings. The largest absolute Gasteiger partial charge is 0.368 e. The van der Waals surface area contributed by atoms with Crippen molar-refractivity contribution >= 4 is 34.8 Å². The van der Waals surface area contributed by atoms with Crippen LogP contribution in [0.1, 0.15) is 5.69 Å². The highest BCUT2D eigenvalue weighted by Crippen LogP contribution is 2.27. The summed E-state index contributed by atoms with van der Waals surface area (Å²) in [5, 5.41) is 1.04. The van der Waals surface area contributed by atoms with Gasteiger partial charge in [-0.25, -0.2) is 4.98 Å². The number of aryl methyl sites for hydroxylation is 1. The Kier molecular flexibility index (Phi) is 5.30. The Morgan fingerprint density at radius 2 is 1.84 bits per heavy atom. The Labute approximate surface area is 155 Å². The van der Waals surface area contributed by atoms with E-state index >= 15 is 0 Å². The molecule has 1 aliphatic rings. The highest BCUT2D eigenvalue weighted by molar-refractivity contribution is 6.42. The summed E-state index contributed by atoms with van der Waals surface area (Å²) in [6.07, 6.45) is 1.42. The Morgan fingerprint density at radius 3 is 2.48 bits per heavy atom. The van der Waals surface area contributed by atoms with Crippen LogP contribution in [0.4, 0.5) is 5.69 Å². The lowest BCUT2D eigenvalue weighted by Crippen LogP contribution is -2.50. The van der Waals surface area contributed by atoms with E-state index in [1.54, 1.807) is 17.9 Å². The highest BCUT2D eigenvalue weighted by atomic mass is 35.5. The topological polar surface area (TPSA) is 58.4 Å². The molecule has 0 spiro atoms. The Morgan fingerprint density at radius 1 is 1.12 bits per heavy atom. The second-order valence-corrected chi connectivity index (χ2v) is 6.78. The maximum absolute atomic E-state index is 12.4. The summed E-state index contributed by atoms with van der Waals surface area (Å²) in [6.45, 7) is 4.34. The summed E-state index contributed by atoms with van der Waals surface area (Å²) in [7, 11) is 0. The zero-order valence-corrected chi connectivity index (χ0v) is 15.3. The molecule has 0 radical (unpaired) electrons. The Bertz CT molecular complexity index is 845. The molecule has 1 fully saturated rings. The quantitative estimate of drug-likeness (QED) is 0.818. The molecule has 8 heteroatoms. The van der Waals surface area contributed by atoms with Crippen LogP contribution < -0.4 is 10.5 Å². The fourth-order valence-electron chi connectivity index (χ4n) is 2.78. The summed E-state index contributed by atoms with van der Waals surface area (Å²) >= 11 is 12.0. The fourth-order valence-corrected chi connectivity index (χ4v) is 3.07. The van der Waals surface area contributed by atoms with Crippen LogP contribution in [0.5, 0.6) is 0 Å². The molecule has 25 heavy (non-hydrogen) atoms. The van der Waals surface area contributed by atoms with Crippen molar-refractivity contribution in [3.8, 4) is 0 Å². The summed E-state index contributed by atoms with van der Waals surface area (Å²) in [4.78, 5) is 32.3. The Balaban J connectivity index is 1.60. The number of piperazine rings is 1. The maximum Gasteiger partial charge on any atom is 0.253 e. The first-order valence-corrected chi connectivity index (χ1v) is 8.70. The molecule has 132 valence electrons. The van der Waals surface area contributed by atoms with Crippen molar-refractivity contribution in [3.63, 3.8) is 0 Å². The molecule has 0 atom stereocenters. The first-order chi connectivity index (χ1) is 11.9. The molecule has 0 aliphatic carbocycles. The zero-order chi connectivity index (χ0) is 18.0. The zero-order valence-electron chi connectivity index (χ0n) is 13.8. The number of benzene rings is 1. The molecule has 0 unspecified atom stereocenters. The molecule has 1 amide bonds. The number of rotatable bonds is 3. The van der Waals surface area contributed by atoms with Gasteiger partial charge in [0.2, 0.25) is 5.91 Å². The summed E-state index contributed by atoms with van der Waals surface area (Å²) < 4.78 is 1.33. The number of carbonyl (C=O) groups excluding carboxylic acids is 1. The fraction of sp³-hybridized carbons (Fsp3) is 0.353. The monoisotopic (exact) mass is 380 g/mol. The standard InChI is InChI=1S/C17H18Cl2N4O2/c1-12-8-16(24)23(11-20-12)10-17(25)22-6-4-21(5-7-22)13-2-3-14(18)15(19)9-13/h2-3,8-9,11H,4-7,10H2,1H3. The molecular weight excluding hydrogens is 363 g/mol. The average molecular weight is 381 g/mol. The van der Waals surface area contributed by atoms with E-state index in [9.17, 15) is 9.59 Å².